The van der Waals surface area contributed by atoms with Gasteiger partial charge in [-0.1, -0.05) is 13.3 Å². The fraction of sp³-hybridized carbons (Fsp3) is 0.727. The molecule has 2 unspecified atom stereocenters. The molecular weight excluding hydrogens is 174 g/mol. The highest BCUT2D eigenvalue weighted by molar-refractivity contribution is 5.05. The van der Waals surface area contributed by atoms with Crippen molar-refractivity contribution in [3.8, 4) is 0 Å². The van der Waals surface area contributed by atoms with E-state index in [9.17, 15) is 0 Å². The Bertz CT molecular complexity index is 292. The molecule has 0 aromatic carbocycles. The lowest BCUT2D eigenvalue weighted by Crippen LogP contribution is -2.10. The molecule has 0 saturated heterocycles. The van der Waals surface area contributed by atoms with E-state index in [-0.39, 0.29) is 0 Å². The van der Waals surface area contributed by atoms with Crippen molar-refractivity contribution < 1.29 is 0 Å². The van der Waals surface area contributed by atoms with Crippen molar-refractivity contribution in [3.05, 3.63) is 18.2 Å². The van der Waals surface area contributed by atoms with Crippen LogP contribution in [0.4, 0.5) is 0 Å². The molecule has 2 atom stereocenters. The Morgan fingerprint density at radius 1 is 1.64 bits per heavy atom. The van der Waals surface area contributed by atoms with Crippen LogP contribution in [0.2, 0.25) is 0 Å². The van der Waals surface area contributed by atoms with Gasteiger partial charge in [-0.25, -0.2) is 4.98 Å². The summed E-state index contributed by atoms with van der Waals surface area (Å²) in [5.41, 5.74) is 1.32. The van der Waals surface area contributed by atoms with Crippen molar-refractivity contribution in [2.45, 2.75) is 38.8 Å². The summed E-state index contributed by atoms with van der Waals surface area (Å²) in [6.07, 6.45) is 7.96. The van der Waals surface area contributed by atoms with Crippen LogP contribution in [-0.4, -0.2) is 16.6 Å². The summed E-state index contributed by atoms with van der Waals surface area (Å²) in [5.74, 6) is 0.907. The van der Waals surface area contributed by atoms with E-state index in [1.54, 1.807) is 0 Å². The monoisotopic (exact) mass is 193 g/mol. The number of aromatic nitrogens is 2. The third-order valence-corrected chi connectivity index (χ3v) is 3.01. The van der Waals surface area contributed by atoms with Crippen molar-refractivity contribution in [1.29, 1.82) is 0 Å². The van der Waals surface area contributed by atoms with Crippen LogP contribution < -0.4 is 5.32 Å². The highest BCUT2D eigenvalue weighted by atomic mass is 15.1. The minimum absolute atomic E-state index is 0.737. The van der Waals surface area contributed by atoms with Crippen molar-refractivity contribution in [2.24, 2.45) is 5.92 Å². The molecular formula is C11H19N3. The van der Waals surface area contributed by atoms with Gasteiger partial charge in [0.05, 0.1) is 12.0 Å². The van der Waals surface area contributed by atoms with E-state index in [0.29, 0.717) is 0 Å². The fourth-order valence-corrected chi connectivity index (χ4v) is 2.20. The molecule has 1 aromatic heterocycles. The Morgan fingerprint density at radius 3 is 3.21 bits per heavy atom. The first-order valence-electron chi connectivity index (χ1n) is 5.52. The second-order valence-electron chi connectivity index (χ2n) is 4.17. The van der Waals surface area contributed by atoms with Crippen LogP contribution in [0.5, 0.6) is 0 Å². The van der Waals surface area contributed by atoms with Gasteiger partial charge >= 0.3 is 0 Å². The minimum atomic E-state index is 0.737. The maximum atomic E-state index is 4.22. The standard InChI is InChI=1S/C11H19N3/c1-3-4-9-5-11(9)14-8-13-7-10(14)6-12-2/h7-9,11-12H,3-6H2,1-2H3. The van der Waals surface area contributed by atoms with Gasteiger partial charge in [-0.15, -0.1) is 0 Å². The number of nitrogens with zero attached hydrogens (tertiary/aromatic N) is 2. The highest BCUT2D eigenvalue weighted by Crippen LogP contribution is 2.46. The molecule has 1 saturated carbocycles. The van der Waals surface area contributed by atoms with E-state index in [1.807, 2.05) is 19.6 Å². The van der Waals surface area contributed by atoms with Crippen molar-refractivity contribution in [2.75, 3.05) is 7.05 Å². The maximum absolute atomic E-state index is 4.22. The normalized spacial score (nSPS) is 25.3. The minimum Gasteiger partial charge on any atom is -0.330 e. The molecule has 0 aliphatic heterocycles. The second kappa shape index (κ2) is 4.13. The average Bonchev–Trinajstić information content (AvgIpc) is 2.77. The lowest BCUT2D eigenvalue weighted by Gasteiger charge is -2.06. The van der Waals surface area contributed by atoms with Gasteiger partial charge in [-0.2, -0.15) is 0 Å². The van der Waals surface area contributed by atoms with Crippen LogP contribution >= 0.6 is 0 Å². The van der Waals surface area contributed by atoms with E-state index >= 15 is 0 Å². The zero-order valence-corrected chi connectivity index (χ0v) is 9.03. The summed E-state index contributed by atoms with van der Waals surface area (Å²) in [6.45, 7) is 3.19. The van der Waals surface area contributed by atoms with Crippen LogP contribution in [0.3, 0.4) is 0 Å². The van der Waals surface area contributed by atoms with Crippen molar-refractivity contribution >= 4 is 0 Å². The Hall–Kier alpha value is -0.830. The summed E-state index contributed by atoms with van der Waals surface area (Å²) in [6, 6.07) is 0.737. The average molecular weight is 193 g/mol. The maximum Gasteiger partial charge on any atom is 0.0951 e. The zero-order valence-electron chi connectivity index (χ0n) is 9.03. The highest BCUT2D eigenvalue weighted by Gasteiger charge is 2.38. The predicted octanol–water partition coefficient (Wildman–Crippen LogP) is 1.96. The Kier molecular flexibility index (Phi) is 2.87. The summed E-state index contributed by atoms with van der Waals surface area (Å²) >= 11 is 0. The summed E-state index contributed by atoms with van der Waals surface area (Å²) < 4.78 is 2.34. The molecule has 0 amide bonds. The van der Waals surface area contributed by atoms with Crippen LogP contribution in [0.1, 0.15) is 37.9 Å². The first kappa shape index (κ1) is 9.71. The van der Waals surface area contributed by atoms with Crippen LogP contribution in [0, 0.1) is 5.92 Å². The number of rotatable bonds is 5. The smallest absolute Gasteiger partial charge is 0.0951 e. The van der Waals surface area contributed by atoms with Gasteiger partial charge < -0.3 is 9.88 Å². The summed E-state index contributed by atoms with van der Waals surface area (Å²) in [4.78, 5) is 4.22. The van der Waals surface area contributed by atoms with Gasteiger partial charge in [0.2, 0.25) is 0 Å². The summed E-state index contributed by atoms with van der Waals surface area (Å²) in [5, 5.41) is 3.18. The molecule has 2 rings (SSSR count). The Morgan fingerprint density at radius 2 is 2.50 bits per heavy atom. The van der Waals surface area contributed by atoms with Gasteiger partial charge in [0.1, 0.15) is 0 Å². The Labute approximate surface area is 85.5 Å². The van der Waals surface area contributed by atoms with E-state index in [2.05, 4.69) is 21.8 Å². The fourth-order valence-electron chi connectivity index (χ4n) is 2.20. The lowest BCUT2D eigenvalue weighted by molar-refractivity contribution is 0.582. The molecule has 1 N–H and O–H groups in total. The van der Waals surface area contributed by atoms with E-state index in [0.717, 1.165) is 18.5 Å². The molecule has 14 heavy (non-hydrogen) atoms. The first-order chi connectivity index (χ1) is 6.86. The third kappa shape index (κ3) is 1.82. The third-order valence-electron chi connectivity index (χ3n) is 3.01. The van der Waals surface area contributed by atoms with Crippen LogP contribution in [0.15, 0.2) is 12.5 Å². The number of hydrogen-bond acceptors (Lipinski definition) is 2. The second-order valence-corrected chi connectivity index (χ2v) is 4.17. The van der Waals surface area contributed by atoms with Gasteiger partial charge in [0, 0.05) is 18.8 Å². The molecule has 78 valence electrons. The van der Waals surface area contributed by atoms with E-state index in [4.69, 9.17) is 0 Å². The number of hydrogen-bond donors (Lipinski definition) is 1. The molecule has 0 spiro atoms. The first-order valence-corrected chi connectivity index (χ1v) is 5.52. The molecule has 1 aliphatic carbocycles. The molecule has 1 heterocycles. The molecule has 1 aromatic rings. The molecule has 3 nitrogen and oxygen atoms in total. The molecule has 3 heteroatoms. The molecule has 0 radical (unpaired) electrons. The van der Waals surface area contributed by atoms with Gasteiger partial charge in [0.15, 0.2) is 0 Å². The molecule has 1 fully saturated rings. The van der Waals surface area contributed by atoms with Crippen LogP contribution in [-0.2, 0) is 6.54 Å². The predicted molar refractivity (Wildman–Crippen MR) is 57.0 cm³/mol. The topological polar surface area (TPSA) is 29.9 Å². The Balaban J connectivity index is 1.99. The SMILES string of the molecule is CCCC1CC1n1cncc1CNC. The van der Waals surface area contributed by atoms with Crippen LogP contribution in [0.25, 0.3) is 0 Å². The lowest BCUT2D eigenvalue weighted by atomic mass is 10.2. The largest absolute Gasteiger partial charge is 0.330 e. The zero-order chi connectivity index (χ0) is 9.97. The van der Waals surface area contributed by atoms with Gasteiger partial charge in [-0.3, -0.25) is 0 Å². The number of imidazole rings is 1. The molecule has 1 aliphatic rings. The van der Waals surface area contributed by atoms with Crippen molar-refractivity contribution in [3.63, 3.8) is 0 Å². The summed E-state index contributed by atoms with van der Waals surface area (Å²) in [7, 11) is 1.98. The van der Waals surface area contributed by atoms with E-state index in [1.165, 1.54) is 25.0 Å². The quantitative estimate of drug-likeness (QED) is 0.774. The van der Waals surface area contributed by atoms with Gasteiger partial charge in [0.25, 0.3) is 0 Å². The van der Waals surface area contributed by atoms with Crippen molar-refractivity contribution in [1.82, 2.24) is 14.9 Å². The van der Waals surface area contributed by atoms with Gasteiger partial charge in [-0.05, 0) is 25.8 Å². The number of nitrogens with one attached hydrogen (secondary N) is 1. The molecule has 0 bridgehead atoms. The van der Waals surface area contributed by atoms with E-state index < -0.39 is 0 Å².